The molecule has 1 amide bonds. The predicted octanol–water partition coefficient (Wildman–Crippen LogP) is 3.24. The highest BCUT2D eigenvalue weighted by atomic mass is 127. The first kappa shape index (κ1) is 30.2. The van der Waals surface area contributed by atoms with E-state index in [1.165, 1.54) is 57.8 Å². The molecule has 0 fully saturated rings. The van der Waals surface area contributed by atoms with Gasteiger partial charge in [-0.15, -0.1) is 0 Å². The van der Waals surface area contributed by atoms with E-state index >= 15 is 0 Å². The van der Waals surface area contributed by atoms with Crippen LogP contribution in [-0.2, 0) is 13.1 Å². The maximum atomic E-state index is 12.7. The van der Waals surface area contributed by atoms with Gasteiger partial charge >= 0.3 is 0 Å². The smallest absolute Gasteiger partial charge is 0.255 e. The topological polar surface area (TPSA) is 51.4 Å². The Morgan fingerprint density at radius 2 is 1.62 bits per heavy atom. The number of ether oxygens (including phenoxy) is 2. The molecule has 190 valence electrons. The van der Waals surface area contributed by atoms with Gasteiger partial charge in [0.15, 0.2) is 12.4 Å². The Hall–Kier alpha value is -1.83. The average molecular weight is 583 g/mol. The second-order valence-electron chi connectivity index (χ2n) is 8.62. The molecule has 0 bridgehead atoms. The molecular formula is C28H43IN2O3. The summed E-state index contributed by atoms with van der Waals surface area (Å²) in [5, 5.41) is 2.98. The highest BCUT2D eigenvalue weighted by molar-refractivity contribution is 5.97. The summed E-state index contributed by atoms with van der Waals surface area (Å²) in [6.07, 6.45) is 17.1. The Balaban J connectivity index is 0.00000578. The predicted molar refractivity (Wildman–Crippen MR) is 134 cm³/mol. The lowest BCUT2D eigenvalue weighted by atomic mass is 10.1. The van der Waals surface area contributed by atoms with E-state index < -0.39 is 0 Å². The van der Waals surface area contributed by atoms with Crippen molar-refractivity contribution in [2.75, 3.05) is 13.7 Å². The first-order valence-electron chi connectivity index (χ1n) is 12.7. The van der Waals surface area contributed by atoms with Crippen molar-refractivity contribution < 1.29 is 42.8 Å². The number of hydrogen-bond acceptors (Lipinski definition) is 3. The van der Waals surface area contributed by atoms with Gasteiger partial charge in [0.25, 0.3) is 5.91 Å². The van der Waals surface area contributed by atoms with Gasteiger partial charge in [0.1, 0.15) is 18.0 Å². The second kappa shape index (κ2) is 18.5. The molecule has 34 heavy (non-hydrogen) atoms. The van der Waals surface area contributed by atoms with Crippen LogP contribution in [0, 0.1) is 0 Å². The molecular weight excluding hydrogens is 539 g/mol. The molecule has 2 rings (SSSR count). The monoisotopic (exact) mass is 582 g/mol. The lowest BCUT2D eigenvalue weighted by molar-refractivity contribution is -0.694. The van der Waals surface area contributed by atoms with E-state index in [1.807, 2.05) is 30.6 Å². The normalized spacial score (nSPS) is 10.4. The molecule has 0 aliphatic heterocycles. The fourth-order valence-electron chi connectivity index (χ4n) is 3.88. The van der Waals surface area contributed by atoms with Crippen LogP contribution in [-0.4, -0.2) is 19.6 Å². The van der Waals surface area contributed by atoms with Crippen LogP contribution >= 0.6 is 0 Å². The fourth-order valence-corrected chi connectivity index (χ4v) is 3.88. The van der Waals surface area contributed by atoms with E-state index in [9.17, 15) is 4.79 Å². The van der Waals surface area contributed by atoms with Crippen LogP contribution in [0.15, 0.2) is 42.7 Å². The van der Waals surface area contributed by atoms with Gasteiger partial charge < -0.3 is 38.8 Å². The minimum atomic E-state index is -0.153. The minimum Gasteiger partial charge on any atom is -1.00 e. The number of carbonyl (C=O) groups is 1. The molecule has 0 saturated heterocycles. The van der Waals surface area contributed by atoms with E-state index in [-0.39, 0.29) is 29.9 Å². The molecule has 1 aromatic heterocycles. The minimum absolute atomic E-state index is 0. The molecule has 0 aliphatic rings. The number of nitrogens with one attached hydrogen (secondary N) is 1. The Labute approximate surface area is 223 Å². The van der Waals surface area contributed by atoms with Gasteiger partial charge in [-0.1, -0.05) is 64.7 Å². The van der Waals surface area contributed by atoms with Crippen LogP contribution < -0.4 is 43.3 Å². The maximum absolute atomic E-state index is 12.7. The summed E-state index contributed by atoms with van der Waals surface area (Å²) in [4.78, 5) is 12.7. The van der Waals surface area contributed by atoms with Crippen molar-refractivity contribution in [3.05, 3.63) is 53.9 Å². The van der Waals surface area contributed by atoms with Crippen molar-refractivity contribution >= 4 is 5.91 Å². The number of carbonyl (C=O) groups excluding carboxylic acids is 1. The third-order valence-corrected chi connectivity index (χ3v) is 5.92. The van der Waals surface area contributed by atoms with Crippen molar-refractivity contribution in [1.82, 2.24) is 5.32 Å². The zero-order valence-electron chi connectivity index (χ0n) is 21.3. The van der Waals surface area contributed by atoms with Crippen molar-refractivity contribution in [2.45, 2.75) is 91.1 Å². The molecule has 2 aromatic rings. The van der Waals surface area contributed by atoms with E-state index in [0.717, 1.165) is 24.3 Å². The zero-order chi connectivity index (χ0) is 23.7. The number of aromatic nitrogens is 1. The third kappa shape index (κ3) is 11.5. The van der Waals surface area contributed by atoms with Crippen molar-refractivity contribution in [2.24, 2.45) is 0 Å². The molecule has 5 nitrogen and oxygen atoms in total. The highest BCUT2D eigenvalue weighted by Crippen LogP contribution is 2.25. The summed E-state index contributed by atoms with van der Waals surface area (Å²) in [5.41, 5.74) is 1.58. The summed E-state index contributed by atoms with van der Waals surface area (Å²) in [6.45, 7) is 6.41. The van der Waals surface area contributed by atoms with Crippen LogP contribution in [0.1, 0.15) is 94.0 Å². The van der Waals surface area contributed by atoms with Gasteiger partial charge in [-0.25, -0.2) is 4.57 Å². The molecule has 0 aliphatic carbocycles. The van der Waals surface area contributed by atoms with Crippen LogP contribution in [0.3, 0.4) is 0 Å². The molecule has 1 aromatic carbocycles. The summed E-state index contributed by atoms with van der Waals surface area (Å²) in [5.74, 6) is 1.12. The van der Waals surface area contributed by atoms with Gasteiger partial charge in [0, 0.05) is 24.2 Å². The van der Waals surface area contributed by atoms with Gasteiger partial charge in [0.2, 0.25) is 0 Å². The first-order valence-corrected chi connectivity index (χ1v) is 12.7. The van der Waals surface area contributed by atoms with E-state index in [2.05, 4.69) is 23.7 Å². The molecule has 0 spiro atoms. The van der Waals surface area contributed by atoms with E-state index in [4.69, 9.17) is 9.47 Å². The Bertz CT molecular complexity index is 829. The molecule has 1 heterocycles. The number of methoxy groups -OCH3 is 1. The summed E-state index contributed by atoms with van der Waals surface area (Å²) < 4.78 is 13.4. The third-order valence-electron chi connectivity index (χ3n) is 5.92. The number of pyridine rings is 1. The van der Waals surface area contributed by atoms with Crippen LogP contribution in [0.2, 0.25) is 0 Å². The fraction of sp³-hybridized carbons (Fsp3) is 0.571. The highest BCUT2D eigenvalue weighted by Gasteiger charge is 2.14. The number of nitrogens with zero attached hydrogens (tertiary/aromatic N) is 1. The molecule has 0 atom stereocenters. The van der Waals surface area contributed by atoms with Crippen LogP contribution in [0.5, 0.6) is 11.5 Å². The maximum Gasteiger partial charge on any atom is 0.255 e. The molecule has 0 saturated carbocycles. The largest absolute Gasteiger partial charge is 1.00 e. The summed E-state index contributed by atoms with van der Waals surface area (Å²) in [7, 11) is 1.58. The Kier molecular flexibility index (Phi) is 16.4. The van der Waals surface area contributed by atoms with Gasteiger partial charge in [0.05, 0.1) is 19.3 Å². The number of halogens is 1. The van der Waals surface area contributed by atoms with Crippen molar-refractivity contribution in [3.63, 3.8) is 0 Å². The number of aryl methyl sites for hydroxylation is 1. The van der Waals surface area contributed by atoms with Gasteiger partial charge in [-0.3, -0.25) is 4.79 Å². The molecule has 0 radical (unpaired) electrons. The van der Waals surface area contributed by atoms with Crippen molar-refractivity contribution in [1.29, 1.82) is 0 Å². The molecule has 6 heteroatoms. The van der Waals surface area contributed by atoms with Gasteiger partial charge in [-0.2, -0.15) is 0 Å². The second-order valence-corrected chi connectivity index (χ2v) is 8.62. The van der Waals surface area contributed by atoms with E-state index in [1.54, 1.807) is 19.2 Å². The van der Waals surface area contributed by atoms with Crippen molar-refractivity contribution in [3.8, 4) is 11.5 Å². The van der Waals surface area contributed by atoms with Gasteiger partial charge in [-0.05, 0) is 31.5 Å². The standard InChI is InChI=1S/C28H42N2O3.HI/c1-4-6-7-8-9-10-11-12-13-14-20-33-25-17-18-26(27(21-25)32-3)28(31)29-22-24-16-15-19-30(5-2)23-24;/h15-19,21,23H,4-14,20,22H2,1-3H3;1H. The first-order chi connectivity index (χ1) is 16.2. The molecule has 0 unspecified atom stereocenters. The quantitative estimate of drug-likeness (QED) is 0.177. The number of amides is 1. The lowest BCUT2D eigenvalue weighted by Crippen LogP contribution is -3.00. The summed E-state index contributed by atoms with van der Waals surface area (Å²) in [6, 6.07) is 9.43. The zero-order valence-corrected chi connectivity index (χ0v) is 23.4. The SMILES string of the molecule is CCCCCCCCCCCCOc1ccc(C(=O)NCc2ccc[n+](CC)c2)c(OC)c1.[I-]. The number of hydrogen-bond donors (Lipinski definition) is 1. The molecule has 1 N–H and O–H groups in total. The number of benzene rings is 1. The van der Waals surface area contributed by atoms with E-state index in [0.29, 0.717) is 24.5 Å². The number of unbranched alkanes of at least 4 members (excludes halogenated alkanes) is 9. The average Bonchev–Trinajstić information content (AvgIpc) is 2.85. The summed E-state index contributed by atoms with van der Waals surface area (Å²) >= 11 is 0. The lowest BCUT2D eigenvalue weighted by Gasteiger charge is -2.12. The van der Waals surface area contributed by atoms with Crippen LogP contribution in [0.4, 0.5) is 0 Å². The Morgan fingerprint density at radius 3 is 2.26 bits per heavy atom. The van der Waals surface area contributed by atoms with Crippen LogP contribution in [0.25, 0.3) is 0 Å². The number of rotatable bonds is 17. The Morgan fingerprint density at radius 1 is 0.941 bits per heavy atom.